The molecule has 0 bridgehead atoms. The van der Waals surface area contributed by atoms with Gasteiger partial charge in [-0.1, -0.05) is 30.3 Å². The molecule has 0 aromatic heterocycles. The summed E-state index contributed by atoms with van der Waals surface area (Å²) < 4.78 is 5.19. The molecule has 1 aliphatic carbocycles. The van der Waals surface area contributed by atoms with Gasteiger partial charge in [-0.2, -0.15) is 0 Å². The number of benzene rings is 2. The van der Waals surface area contributed by atoms with Gasteiger partial charge in [0.2, 0.25) is 0 Å². The van der Waals surface area contributed by atoms with Crippen LogP contribution in [-0.4, -0.2) is 23.4 Å². The normalized spacial score (nSPS) is 14.3. The van der Waals surface area contributed by atoms with E-state index in [0.717, 1.165) is 16.7 Å². The van der Waals surface area contributed by atoms with Crippen LogP contribution in [0, 0.1) is 24.0 Å². The molecule has 0 aliphatic heterocycles. The number of ether oxygens (including phenoxy) is 1. The highest BCUT2D eigenvalue weighted by molar-refractivity contribution is 5.96. The van der Waals surface area contributed by atoms with Gasteiger partial charge in [0, 0.05) is 6.07 Å². The Kier molecular flexibility index (Phi) is 4.94. The number of aryl methyl sites for hydroxylation is 2. The number of amides is 1. The Morgan fingerprint density at radius 1 is 1.15 bits per heavy atom. The third kappa shape index (κ3) is 3.81. The van der Waals surface area contributed by atoms with Gasteiger partial charge in [-0.25, -0.2) is 0 Å². The molecule has 2 aromatic rings. The molecule has 140 valence electrons. The molecular weight excluding hydrogens is 348 g/mol. The Hall–Kier alpha value is -3.22. The summed E-state index contributed by atoms with van der Waals surface area (Å²) in [6.07, 6.45) is 1.36. The van der Waals surface area contributed by atoms with Crippen LogP contribution in [0.5, 0.6) is 0 Å². The zero-order valence-corrected chi connectivity index (χ0v) is 15.2. The van der Waals surface area contributed by atoms with Crippen LogP contribution in [0.3, 0.4) is 0 Å². The summed E-state index contributed by atoms with van der Waals surface area (Å²) in [4.78, 5) is 35.3. The lowest BCUT2D eigenvalue weighted by Crippen LogP contribution is -2.28. The van der Waals surface area contributed by atoms with Crippen molar-refractivity contribution in [2.45, 2.75) is 32.1 Å². The fraction of sp³-hybridized carbons (Fsp3) is 0.300. The maximum Gasteiger partial charge on any atom is 0.317 e. The monoisotopic (exact) mass is 368 g/mol. The fourth-order valence-corrected chi connectivity index (χ4v) is 3.00. The Labute approximate surface area is 156 Å². The number of hydrogen-bond donors (Lipinski definition) is 1. The summed E-state index contributed by atoms with van der Waals surface area (Å²) in [5, 5.41) is 13.7. The Balaban J connectivity index is 1.65. The molecule has 1 saturated carbocycles. The van der Waals surface area contributed by atoms with E-state index in [1.54, 1.807) is 19.9 Å². The standard InChI is InChI=1S/C20H20N2O5/c1-13-10-16(17(22(25)26)11-14(13)2)21-18(23)12-27-19(24)20(8-9-20)15-6-4-3-5-7-15/h3-7,10-11H,8-9,12H2,1-2H3,(H,21,23). The van der Waals surface area contributed by atoms with Crippen LogP contribution in [0.1, 0.15) is 29.5 Å². The van der Waals surface area contributed by atoms with E-state index in [2.05, 4.69) is 5.32 Å². The van der Waals surface area contributed by atoms with Gasteiger partial charge in [0.15, 0.2) is 6.61 Å². The zero-order valence-electron chi connectivity index (χ0n) is 15.2. The van der Waals surface area contributed by atoms with Crippen LogP contribution in [0.2, 0.25) is 0 Å². The molecule has 1 aliphatic rings. The number of carbonyl (C=O) groups is 2. The van der Waals surface area contributed by atoms with Crippen molar-refractivity contribution >= 4 is 23.3 Å². The van der Waals surface area contributed by atoms with Gasteiger partial charge >= 0.3 is 5.97 Å². The number of carbonyl (C=O) groups excluding carboxylic acids is 2. The van der Waals surface area contributed by atoms with E-state index < -0.39 is 28.8 Å². The van der Waals surface area contributed by atoms with E-state index >= 15 is 0 Å². The van der Waals surface area contributed by atoms with Gasteiger partial charge in [0.25, 0.3) is 11.6 Å². The predicted octanol–water partition coefficient (Wildman–Crippen LogP) is 3.43. The quantitative estimate of drug-likeness (QED) is 0.478. The van der Waals surface area contributed by atoms with E-state index in [4.69, 9.17) is 4.74 Å². The first kappa shape index (κ1) is 18.6. The molecule has 0 heterocycles. The smallest absolute Gasteiger partial charge is 0.317 e. The molecule has 1 amide bonds. The molecule has 0 atom stereocenters. The van der Waals surface area contributed by atoms with Gasteiger partial charge in [-0.15, -0.1) is 0 Å². The van der Waals surface area contributed by atoms with Crippen LogP contribution in [-0.2, 0) is 19.7 Å². The van der Waals surface area contributed by atoms with Gasteiger partial charge in [0.05, 0.1) is 10.3 Å². The highest BCUT2D eigenvalue weighted by Gasteiger charge is 2.52. The maximum absolute atomic E-state index is 12.4. The SMILES string of the molecule is Cc1cc(NC(=O)COC(=O)C2(c3ccccc3)CC2)c([N+](=O)[O-])cc1C. The van der Waals surface area contributed by atoms with E-state index in [9.17, 15) is 19.7 Å². The van der Waals surface area contributed by atoms with Gasteiger partial charge < -0.3 is 10.1 Å². The molecule has 1 N–H and O–H groups in total. The summed E-state index contributed by atoms with van der Waals surface area (Å²) in [6, 6.07) is 12.3. The topological polar surface area (TPSA) is 98.5 Å². The summed E-state index contributed by atoms with van der Waals surface area (Å²) >= 11 is 0. The Bertz CT molecular complexity index is 904. The van der Waals surface area contributed by atoms with Crippen molar-refractivity contribution < 1.29 is 19.2 Å². The molecule has 0 radical (unpaired) electrons. The van der Waals surface area contributed by atoms with Crippen molar-refractivity contribution in [3.63, 3.8) is 0 Å². The van der Waals surface area contributed by atoms with E-state index in [0.29, 0.717) is 12.8 Å². The van der Waals surface area contributed by atoms with Gasteiger partial charge in [-0.05, 0) is 49.4 Å². The van der Waals surface area contributed by atoms with Crippen LogP contribution in [0.4, 0.5) is 11.4 Å². The molecule has 0 spiro atoms. The van der Waals surface area contributed by atoms with Crippen LogP contribution >= 0.6 is 0 Å². The average Bonchev–Trinajstić information content (AvgIpc) is 3.45. The van der Waals surface area contributed by atoms with Crippen LogP contribution in [0.25, 0.3) is 0 Å². The molecule has 0 saturated heterocycles. The van der Waals surface area contributed by atoms with Crippen molar-refractivity contribution in [3.05, 3.63) is 69.3 Å². The molecule has 2 aromatic carbocycles. The Morgan fingerprint density at radius 3 is 2.37 bits per heavy atom. The average molecular weight is 368 g/mol. The maximum atomic E-state index is 12.4. The molecule has 0 unspecified atom stereocenters. The lowest BCUT2D eigenvalue weighted by atomic mass is 9.96. The number of nitro benzene ring substituents is 1. The first-order chi connectivity index (χ1) is 12.8. The second kappa shape index (κ2) is 7.19. The summed E-state index contributed by atoms with van der Waals surface area (Å²) in [5.74, 6) is -1.06. The number of hydrogen-bond acceptors (Lipinski definition) is 5. The second-order valence-corrected chi connectivity index (χ2v) is 6.78. The largest absolute Gasteiger partial charge is 0.455 e. The van der Waals surface area contributed by atoms with Crippen LogP contribution < -0.4 is 5.32 Å². The summed E-state index contributed by atoms with van der Waals surface area (Å²) in [6.45, 7) is 3.07. The second-order valence-electron chi connectivity index (χ2n) is 6.78. The van der Waals surface area contributed by atoms with E-state index in [1.807, 2.05) is 30.3 Å². The fourth-order valence-electron chi connectivity index (χ4n) is 3.00. The minimum Gasteiger partial charge on any atom is -0.455 e. The number of nitrogens with zero attached hydrogens (tertiary/aromatic N) is 1. The highest BCUT2D eigenvalue weighted by atomic mass is 16.6. The first-order valence-electron chi connectivity index (χ1n) is 8.62. The number of rotatable bonds is 6. The Morgan fingerprint density at radius 2 is 1.78 bits per heavy atom. The van der Waals surface area contributed by atoms with Crippen LogP contribution in [0.15, 0.2) is 42.5 Å². The molecule has 7 nitrogen and oxygen atoms in total. The summed E-state index contributed by atoms with van der Waals surface area (Å²) in [7, 11) is 0. The summed E-state index contributed by atoms with van der Waals surface area (Å²) in [5.41, 5.74) is 1.67. The van der Waals surface area contributed by atoms with Gasteiger partial charge in [0.1, 0.15) is 5.69 Å². The minimum atomic E-state index is -0.673. The predicted molar refractivity (Wildman–Crippen MR) is 99.5 cm³/mol. The molecule has 27 heavy (non-hydrogen) atoms. The highest BCUT2D eigenvalue weighted by Crippen LogP contribution is 2.49. The molecular formula is C20H20N2O5. The number of anilines is 1. The van der Waals surface area contributed by atoms with E-state index in [1.165, 1.54) is 6.07 Å². The van der Waals surface area contributed by atoms with Crippen molar-refractivity contribution in [2.75, 3.05) is 11.9 Å². The first-order valence-corrected chi connectivity index (χ1v) is 8.62. The van der Waals surface area contributed by atoms with Crippen molar-refractivity contribution in [1.29, 1.82) is 0 Å². The van der Waals surface area contributed by atoms with Crippen molar-refractivity contribution in [2.24, 2.45) is 0 Å². The van der Waals surface area contributed by atoms with Gasteiger partial charge in [-0.3, -0.25) is 19.7 Å². The number of nitrogens with one attached hydrogen (secondary N) is 1. The lowest BCUT2D eigenvalue weighted by molar-refractivity contribution is -0.384. The number of nitro groups is 1. The van der Waals surface area contributed by atoms with Crippen molar-refractivity contribution in [3.8, 4) is 0 Å². The number of esters is 1. The molecule has 7 heteroatoms. The zero-order chi connectivity index (χ0) is 19.6. The molecule has 3 rings (SSSR count). The minimum absolute atomic E-state index is 0.0911. The van der Waals surface area contributed by atoms with E-state index in [-0.39, 0.29) is 11.4 Å². The third-order valence-electron chi connectivity index (χ3n) is 4.88. The van der Waals surface area contributed by atoms with Crippen molar-refractivity contribution in [1.82, 2.24) is 0 Å². The molecule has 1 fully saturated rings. The third-order valence-corrected chi connectivity index (χ3v) is 4.88. The lowest BCUT2D eigenvalue weighted by Gasteiger charge is -2.15.